The normalized spacial score (nSPS) is 12.9. The summed E-state index contributed by atoms with van der Waals surface area (Å²) in [5, 5.41) is 3.93. The van der Waals surface area contributed by atoms with Crippen LogP contribution in [-0.4, -0.2) is 15.0 Å². The molecule has 12 aromatic rings. The summed E-state index contributed by atoms with van der Waals surface area (Å²) >= 11 is 0. The summed E-state index contributed by atoms with van der Waals surface area (Å²) in [5.74, 6) is 1.70. The zero-order valence-corrected chi connectivity index (χ0v) is 35.7. The van der Waals surface area contributed by atoms with Gasteiger partial charge in [-0.25, -0.2) is 15.0 Å². The first kappa shape index (κ1) is 37.2. The van der Waals surface area contributed by atoms with E-state index in [0.29, 0.717) is 17.5 Å². The quantitative estimate of drug-likeness (QED) is 0.167. The third-order valence-corrected chi connectivity index (χ3v) is 13.4. The lowest BCUT2D eigenvalue weighted by molar-refractivity contribution is 0.660. The van der Waals surface area contributed by atoms with E-state index in [1.54, 1.807) is 0 Å². The van der Waals surface area contributed by atoms with Gasteiger partial charge in [-0.2, -0.15) is 0 Å². The van der Waals surface area contributed by atoms with Crippen molar-refractivity contribution in [3.8, 4) is 78.7 Å². The van der Waals surface area contributed by atoms with Gasteiger partial charge < -0.3 is 8.83 Å². The second-order valence-electron chi connectivity index (χ2n) is 17.5. The maximum Gasteiger partial charge on any atom is 0.164 e. The van der Waals surface area contributed by atoms with Crippen molar-refractivity contribution in [3.05, 3.63) is 211 Å². The number of fused-ring (bicyclic) bond motifs is 9. The number of para-hydroxylation sites is 1. The number of nitrogens with zero attached hydrogens (tertiary/aromatic N) is 3. The number of hydrogen-bond donors (Lipinski definition) is 0. The molecule has 5 heteroatoms. The first-order chi connectivity index (χ1) is 32.0. The lowest BCUT2D eigenvalue weighted by atomic mass is 9.82. The Morgan fingerprint density at radius 3 is 1.49 bits per heavy atom. The molecule has 3 heterocycles. The van der Waals surface area contributed by atoms with E-state index in [1.807, 2.05) is 54.6 Å². The summed E-state index contributed by atoms with van der Waals surface area (Å²) in [5.41, 5.74) is 18.0. The number of hydrogen-bond acceptors (Lipinski definition) is 5. The summed E-state index contributed by atoms with van der Waals surface area (Å²) in [7, 11) is 0. The van der Waals surface area contributed by atoms with Crippen molar-refractivity contribution < 1.29 is 8.83 Å². The molecule has 0 amide bonds. The predicted molar refractivity (Wildman–Crippen MR) is 265 cm³/mol. The first-order valence-corrected chi connectivity index (χ1v) is 22.1. The lowest BCUT2D eigenvalue weighted by Gasteiger charge is -2.21. The van der Waals surface area contributed by atoms with E-state index in [2.05, 4.69) is 159 Å². The van der Waals surface area contributed by atoms with Crippen LogP contribution in [0, 0.1) is 0 Å². The third-order valence-electron chi connectivity index (χ3n) is 13.4. The number of furan rings is 2. The summed E-state index contributed by atoms with van der Waals surface area (Å²) in [6.07, 6.45) is 0. The summed E-state index contributed by atoms with van der Waals surface area (Å²) in [6.45, 7) is 4.65. The molecule has 1 aliphatic rings. The fourth-order valence-corrected chi connectivity index (χ4v) is 10.2. The van der Waals surface area contributed by atoms with E-state index in [4.69, 9.17) is 23.8 Å². The maximum atomic E-state index is 6.58. The van der Waals surface area contributed by atoms with Gasteiger partial charge in [0.05, 0.1) is 0 Å². The van der Waals surface area contributed by atoms with E-state index in [-0.39, 0.29) is 5.41 Å². The summed E-state index contributed by atoms with van der Waals surface area (Å²) in [6, 6.07) is 70.2. The van der Waals surface area contributed by atoms with Gasteiger partial charge in [-0.3, -0.25) is 0 Å². The zero-order valence-electron chi connectivity index (χ0n) is 35.7. The van der Waals surface area contributed by atoms with Crippen molar-refractivity contribution in [2.45, 2.75) is 19.3 Å². The highest BCUT2D eigenvalue weighted by Gasteiger charge is 2.35. The smallest absolute Gasteiger partial charge is 0.164 e. The molecule has 0 radical (unpaired) electrons. The molecule has 9 aromatic carbocycles. The Bertz CT molecular complexity index is 3860. The zero-order chi connectivity index (χ0) is 43.2. The van der Waals surface area contributed by atoms with E-state index in [9.17, 15) is 0 Å². The molecule has 306 valence electrons. The number of aromatic nitrogens is 3. The van der Waals surface area contributed by atoms with Crippen LogP contribution in [0.15, 0.2) is 209 Å². The van der Waals surface area contributed by atoms with Crippen LogP contribution >= 0.6 is 0 Å². The second-order valence-corrected chi connectivity index (χ2v) is 17.5. The van der Waals surface area contributed by atoms with Crippen LogP contribution in [-0.2, 0) is 5.41 Å². The Kier molecular flexibility index (Phi) is 8.18. The predicted octanol–water partition coefficient (Wildman–Crippen LogP) is 16.0. The fourth-order valence-electron chi connectivity index (χ4n) is 10.2. The molecule has 0 unspecified atom stereocenters. The van der Waals surface area contributed by atoms with Crippen molar-refractivity contribution in [1.82, 2.24) is 15.0 Å². The van der Waals surface area contributed by atoms with Crippen molar-refractivity contribution >= 4 is 43.9 Å². The van der Waals surface area contributed by atoms with Gasteiger partial charge in [0.25, 0.3) is 0 Å². The molecule has 0 N–H and O–H groups in total. The minimum atomic E-state index is -0.0176. The molecule has 1 aliphatic carbocycles. The Labute approximate surface area is 375 Å². The monoisotopic (exact) mass is 833 g/mol. The molecular formula is C60H39N3O2. The average Bonchev–Trinajstić information content (AvgIpc) is 4.01. The van der Waals surface area contributed by atoms with Crippen LogP contribution in [0.2, 0.25) is 0 Å². The molecule has 65 heavy (non-hydrogen) atoms. The molecule has 3 aromatic heterocycles. The van der Waals surface area contributed by atoms with Gasteiger partial charge in [-0.15, -0.1) is 0 Å². The van der Waals surface area contributed by atoms with Gasteiger partial charge in [0.15, 0.2) is 17.5 Å². The largest absolute Gasteiger partial charge is 0.456 e. The minimum absolute atomic E-state index is 0.0176. The maximum absolute atomic E-state index is 6.58. The van der Waals surface area contributed by atoms with Crippen molar-refractivity contribution in [3.63, 3.8) is 0 Å². The van der Waals surface area contributed by atoms with Crippen LogP contribution in [0.25, 0.3) is 123 Å². The SMILES string of the molecule is CC1(C)c2ccccc2-c2cc(-c3ccc(-c4ccc5oc6cccc(-c7nc(-c8ccccc8-c8ccccc8)nc(-c8cccc9oc%10ccccc%10c89)n7)c6c5c4)cc3)ccc21. The molecular weight excluding hydrogens is 795 g/mol. The summed E-state index contributed by atoms with van der Waals surface area (Å²) < 4.78 is 12.9. The van der Waals surface area contributed by atoms with Gasteiger partial charge in [0.2, 0.25) is 0 Å². The molecule has 0 atom stereocenters. The average molecular weight is 834 g/mol. The Morgan fingerprint density at radius 2 is 0.785 bits per heavy atom. The van der Waals surface area contributed by atoms with Crippen molar-refractivity contribution in [2.75, 3.05) is 0 Å². The first-order valence-electron chi connectivity index (χ1n) is 22.1. The fraction of sp³-hybridized carbons (Fsp3) is 0.0500. The highest BCUT2D eigenvalue weighted by atomic mass is 16.3. The van der Waals surface area contributed by atoms with E-state index in [1.165, 1.54) is 33.4 Å². The minimum Gasteiger partial charge on any atom is -0.456 e. The van der Waals surface area contributed by atoms with Crippen molar-refractivity contribution in [2.24, 2.45) is 0 Å². The highest BCUT2D eigenvalue weighted by molar-refractivity contribution is 6.14. The Balaban J connectivity index is 0.954. The second kappa shape index (κ2) is 14.3. The van der Waals surface area contributed by atoms with Gasteiger partial charge in [0.1, 0.15) is 22.3 Å². The van der Waals surface area contributed by atoms with Gasteiger partial charge in [-0.05, 0) is 92.0 Å². The molecule has 0 aliphatic heterocycles. The van der Waals surface area contributed by atoms with Crippen molar-refractivity contribution in [1.29, 1.82) is 0 Å². The Morgan fingerprint density at radius 1 is 0.308 bits per heavy atom. The van der Waals surface area contributed by atoms with Gasteiger partial charge in [-0.1, -0.05) is 178 Å². The Hall–Kier alpha value is -8.41. The van der Waals surface area contributed by atoms with E-state index >= 15 is 0 Å². The van der Waals surface area contributed by atoms with Gasteiger partial charge >= 0.3 is 0 Å². The van der Waals surface area contributed by atoms with Crippen LogP contribution in [0.5, 0.6) is 0 Å². The number of rotatable bonds is 6. The third kappa shape index (κ3) is 5.89. The topological polar surface area (TPSA) is 65.0 Å². The molecule has 0 spiro atoms. The van der Waals surface area contributed by atoms with Crippen LogP contribution in [0.3, 0.4) is 0 Å². The molecule has 0 bridgehead atoms. The molecule has 0 saturated heterocycles. The molecule has 0 fully saturated rings. The van der Waals surface area contributed by atoms with Crippen LogP contribution in [0.4, 0.5) is 0 Å². The van der Waals surface area contributed by atoms with E-state index in [0.717, 1.165) is 82.8 Å². The molecule has 0 saturated carbocycles. The molecule has 13 rings (SSSR count). The van der Waals surface area contributed by atoms with E-state index < -0.39 is 0 Å². The van der Waals surface area contributed by atoms with Gasteiger partial charge in [0, 0.05) is 43.7 Å². The summed E-state index contributed by atoms with van der Waals surface area (Å²) in [4.78, 5) is 15.9. The highest BCUT2D eigenvalue weighted by Crippen LogP contribution is 2.50. The number of benzene rings is 9. The lowest BCUT2D eigenvalue weighted by Crippen LogP contribution is -2.14. The van der Waals surface area contributed by atoms with Crippen LogP contribution < -0.4 is 0 Å². The van der Waals surface area contributed by atoms with Crippen LogP contribution in [0.1, 0.15) is 25.0 Å². The standard InChI is InChI=1S/C60H39N3O2/c1-60(2)49-22-10-8-17-42(49)47-34-39(30-32-50(47)60)36-26-28-37(29-27-36)40-31-33-52-48(35-40)56-46(21-13-25-54(56)65-52)59-62-57(43-18-7-6-16-41(43)38-14-4-3-5-15-38)61-58(63-59)45-20-12-24-53-55(45)44-19-9-11-23-51(44)64-53/h3-35H,1-2H3. The molecule has 5 nitrogen and oxygen atoms in total.